The molecule has 1 aromatic heterocycles. The first kappa shape index (κ1) is 12.6. The fourth-order valence-electron chi connectivity index (χ4n) is 1.44. The van der Waals surface area contributed by atoms with Crippen molar-refractivity contribution in [3.63, 3.8) is 0 Å². The molecular weight excluding hydrogens is 255 g/mol. The van der Waals surface area contributed by atoms with Crippen LogP contribution in [-0.2, 0) is 0 Å². The van der Waals surface area contributed by atoms with E-state index in [1.165, 1.54) is 17.0 Å². The van der Waals surface area contributed by atoms with Crippen LogP contribution in [0.1, 0.15) is 10.9 Å². The number of nitrogens with one attached hydrogen (secondary N) is 1. The van der Waals surface area contributed by atoms with Gasteiger partial charge in [0, 0.05) is 15.5 Å². The van der Waals surface area contributed by atoms with Gasteiger partial charge in [0.05, 0.1) is 6.04 Å². The number of halogens is 1. The number of nitrogens with two attached hydrogens (primary N) is 1. The highest BCUT2D eigenvalue weighted by Gasteiger charge is 2.11. The van der Waals surface area contributed by atoms with E-state index in [1.54, 1.807) is 29.2 Å². The van der Waals surface area contributed by atoms with Crippen molar-refractivity contribution in [2.45, 2.75) is 10.9 Å². The van der Waals surface area contributed by atoms with Crippen LogP contribution in [0.25, 0.3) is 0 Å². The predicted octanol–water partition coefficient (Wildman–Crippen LogP) is 3.18. The van der Waals surface area contributed by atoms with Gasteiger partial charge in [0.2, 0.25) is 0 Å². The van der Waals surface area contributed by atoms with Crippen molar-refractivity contribution in [3.8, 4) is 0 Å². The Balaban J connectivity index is 1.97. The van der Waals surface area contributed by atoms with Crippen LogP contribution in [0.2, 0.25) is 0 Å². The standard InChI is InChI=1S/C12H13FN2S2/c13-9-3-1-4-10(7-9)17-8-11(15-14)12-5-2-6-16-12/h1-7,11,15H,8,14H2. The van der Waals surface area contributed by atoms with Crippen LogP contribution in [-0.4, -0.2) is 5.75 Å². The summed E-state index contributed by atoms with van der Waals surface area (Å²) < 4.78 is 13.0. The van der Waals surface area contributed by atoms with Crippen molar-refractivity contribution in [1.29, 1.82) is 0 Å². The molecule has 1 atom stereocenters. The highest BCUT2D eigenvalue weighted by molar-refractivity contribution is 7.99. The summed E-state index contributed by atoms with van der Waals surface area (Å²) in [5.41, 5.74) is 2.79. The van der Waals surface area contributed by atoms with Gasteiger partial charge in [-0.25, -0.2) is 4.39 Å². The van der Waals surface area contributed by atoms with Gasteiger partial charge < -0.3 is 0 Å². The number of benzene rings is 1. The fourth-order valence-corrected chi connectivity index (χ4v) is 3.34. The molecule has 1 unspecified atom stereocenters. The lowest BCUT2D eigenvalue weighted by Gasteiger charge is -2.13. The van der Waals surface area contributed by atoms with Crippen LogP contribution in [0.4, 0.5) is 4.39 Å². The van der Waals surface area contributed by atoms with Crippen molar-refractivity contribution in [3.05, 3.63) is 52.5 Å². The van der Waals surface area contributed by atoms with Gasteiger partial charge in [-0.2, -0.15) is 0 Å². The lowest BCUT2D eigenvalue weighted by Crippen LogP contribution is -2.28. The molecule has 0 fully saturated rings. The van der Waals surface area contributed by atoms with Crippen LogP contribution in [0, 0.1) is 5.82 Å². The number of hydrogen-bond donors (Lipinski definition) is 2. The van der Waals surface area contributed by atoms with Crippen molar-refractivity contribution in [1.82, 2.24) is 5.43 Å². The second kappa shape index (κ2) is 6.16. The Labute approximate surface area is 108 Å². The van der Waals surface area contributed by atoms with E-state index in [-0.39, 0.29) is 11.9 Å². The summed E-state index contributed by atoms with van der Waals surface area (Å²) in [6.45, 7) is 0. The highest BCUT2D eigenvalue weighted by atomic mass is 32.2. The lowest BCUT2D eigenvalue weighted by molar-refractivity contribution is 0.618. The van der Waals surface area contributed by atoms with Crippen LogP contribution >= 0.6 is 23.1 Å². The maximum atomic E-state index is 13.0. The Morgan fingerprint density at radius 1 is 1.35 bits per heavy atom. The zero-order valence-corrected chi connectivity index (χ0v) is 10.7. The van der Waals surface area contributed by atoms with Crippen LogP contribution in [0.5, 0.6) is 0 Å². The van der Waals surface area contributed by atoms with E-state index >= 15 is 0 Å². The van der Waals surface area contributed by atoms with Gasteiger partial charge in [-0.05, 0) is 29.6 Å². The van der Waals surface area contributed by atoms with E-state index in [2.05, 4.69) is 5.43 Å². The summed E-state index contributed by atoms with van der Waals surface area (Å²) in [5.74, 6) is 6.10. The first-order valence-electron chi connectivity index (χ1n) is 5.17. The minimum absolute atomic E-state index is 0.100. The second-order valence-electron chi connectivity index (χ2n) is 3.50. The summed E-state index contributed by atoms with van der Waals surface area (Å²) in [5, 5.41) is 2.02. The van der Waals surface area contributed by atoms with Crippen molar-refractivity contribution >= 4 is 23.1 Å². The van der Waals surface area contributed by atoms with Gasteiger partial charge >= 0.3 is 0 Å². The van der Waals surface area contributed by atoms with Crippen molar-refractivity contribution in [2.75, 3.05) is 5.75 Å². The minimum Gasteiger partial charge on any atom is -0.271 e. The average Bonchev–Trinajstić information content (AvgIpc) is 2.84. The van der Waals surface area contributed by atoms with Crippen LogP contribution in [0.15, 0.2) is 46.7 Å². The van der Waals surface area contributed by atoms with Gasteiger partial charge in [0.25, 0.3) is 0 Å². The molecule has 2 aromatic rings. The summed E-state index contributed by atoms with van der Waals surface area (Å²) in [7, 11) is 0. The third-order valence-corrected chi connectivity index (χ3v) is 4.37. The molecule has 0 saturated heterocycles. The van der Waals surface area contributed by atoms with E-state index in [0.29, 0.717) is 0 Å². The molecule has 0 aliphatic heterocycles. The molecule has 2 nitrogen and oxygen atoms in total. The Bertz CT molecular complexity index is 459. The molecule has 90 valence electrons. The molecule has 0 saturated carbocycles. The van der Waals surface area contributed by atoms with E-state index < -0.39 is 0 Å². The van der Waals surface area contributed by atoms with Gasteiger partial charge in [0.1, 0.15) is 5.82 Å². The zero-order chi connectivity index (χ0) is 12.1. The average molecular weight is 268 g/mol. The predicted molar refractivity (Wildman–Crippen MR) is 71.5 cm³/mol. The third kappa shape index (κ3) is 3.54. The molecule has 1 aromatic carbocycles. The molecule has 0 radical (unpaired) electrons. The van der Waals surface area contributed by atoms with Crippen LogP contribution < -0.4 is 11.3 Å². The summed E-state index contributed by atoms with van der Waals surface area (Å²) in [6, 6.07) is 10.7. The zero-order valence-electron chi connectivity index (χ0n) is 9.10. The first-order chi connectivity index (χ1) is 8.29. The first-order valence-corrected chi connectivity index (χ1v) is 7.04. The van der Waals surface area contributed by atoms with Gasteiger partial charge in [-0.1, -0.05) is 12.1 Å². The molecule has 1 heterocycles. The van der Waals surface area contributed by atoms with Gasteiger partial charge in [0.15, 0.2) is 0 Å². The number of rotatable bonds is 5. The van der Waals surface area contributed by atoms with Gasteiger partial charge in [-0.15, -0.1) is 23.1 Å². The van der Waals surface area contributed by atoms with Crippen LogP contribution in [0.3, 0.4) is 0 Å². The largest absolute Gasteiger partial charge is 0.271 e. The summed E-state index contributed by atoms with van der Waals surface area (Å²) in [4.78, 5) is 2.11. The third-order valence-electron chi connectivity index (χ3n) is 2.30. The lowest BCUT2D eigenvalue weighted by atomic mass is 10.3. The Morgan fingerprint density at radius 3 is 2.88 bits per heavy atom. The number of thioether (sulfide) groups is 1. The molecule has 5 heteroatoms. The second-order valence-corrected chi connectivity index (χ2v) is 5.58. The Morgan fingerprint density at radius 2 is 2.24 bits per heavy atom. The van der Waals surface area contributed by atoms with E-state index in [1.807, 2.05) is 23.6 Å². The van der Waals surface area contributed by atoms with Crippen molar-refractivity contribution in [2.24, 2.45) is 5.84 Å². The fraction of sp³-hybridized carbons (Fsp3) is 0.167. The highest BCUT2D eigenvalue weighted by Crippen LogP contribution is 2.26. The minimum atomic E-state index is -0.205. The van der Waals surface area contributed by atoms with E-state index in [4.69, 9.17) is 5.84 Å². The van der Waals surface area contributed by atoms with E-state index in [0.717, 1.165) is 10.6 Å². The summed E-state index contributed by atoms with van der Waals surface area (Å²) in [6.07, 6.45) is 0. The normalized spacial score (nSPS) is 12.6. The Kier molecular flexibility index (Phi) is 4.56. The van der Waals surface area contributed by atoms with E-state index in [9.17, 15) is 4.39 Å². The number of hydrazine groups is 1. The number of thiophene rings is 1. The molecule has 3 N–H and O–H groups in total. The summed E-state index contributed by atoms with van der Waals surface area (Å²) >= 11 is 3.25. The monoisotopic (exact) mass is 268 g/mol. The SMILES string of the molecule is NNC(CSc1cccc(F)c1)c1cccs1. The molecule has 0 aliphatic carbocycles. The molecule has 2 rings (SSSR count). The van der Waals surface area contributed by atoms with Crippen molar-refractivity contribution < 1.29 is 4.39 Å². The maximum Gasteiger partial charge on any atom is 0.124 e. The number of hydrogen-bond acceptors (Lipinski definition) is 4. The Hall–Kier alpha value is -0.880. The molecule has 0 bridgehead atoms. The molecule has 17 heavy (non-hydrogen) atoms. The molecule has 0 spiro atoms. The van der Waals surface area contributed by atoms with Gasteiger partial charge in [-0.3, -0.25) is 11.3 Å². The molecule has 0 amide bonds. The quantitative estimate of drug-likeness (QED) is 0.497. The topological polar surface area (TPSA) is 38.0 Å². The maximum absolute atomic E-state index is 13.0. The smallest absolute Gasteiger partial charge is 0.124 e. The molecular formula is C12H13FN2S2. The molecule has 0 aliphatic rings.